The molecule has 0 radical (unpaired) electrons. The summed E-state index contributed by atoms with van der Waals surface area (Å²) >= 11 is 5.71. The minimum absolute atomic E-state index is 0.390. The number of carboxylic acids is 2. The highest BCUT2D eigenvalue weighted by atomic mass is 35.5. The van der Waals surface area contributed by atoms with Crippen molar-refractivity contribution in [3.05, 3.63) is 29.3 Å². The largest absolute Gasteiger partial charge is 0.480 e. The van der Waals surface area contributed by atoms with Gasteiger partial charge in [0.1, 0.15) is 6.04 Å². The molecule has 0 spiro atoms. The van der Waals surface area contributed by atoms with Gasteiger partial charge in [-0.2, -0.15) is 0 Å². The Morgan fingerprint density at radius 2 is 1.94 bits per heavy atom. The van der Waals surface area contributed by atoms with Gasteiger partial charge in [0.25, 0.3) is 0 Å². The standard InChI is InChI=1S/C10H11ClN2O4/c11-5-2-1-3-6(4-5)13-8(10(16)17)7(12)9(14)15/h1-4,7-8,13H,12H2,(H,14,15)(H,16,17). The average molecular weight is 259 g/mol. The van der Waals surface area contributed by atoms with Crippen LogP contribution in [0.1, 0.15) is 0 Å². The molecule has 0 saturated heterocycles. The fraction of sp³-hybridized carbons (Fsp3) is 0.200. The van der Waals surface area contributed by atoms with Crippen molar-refractivity contribution in [2.45, 2.75) is 12.1 Å². The van der Waals surface area contributed by atoms with Gasteiger partial charge in [0.15, 0.2) is 6.04 Å². The lowest BCUT2D eigenvalue weighted by atomic mass is 10.1. The van der Waals surface area contributed by atoms with Gasteiger partial charge in [-0.25, -0.2) is 4.79 Å². The summed E-state index contributed by atoms with van der Waals surface area (Å²) in [6.45, 7) is 0. The van der Waals surface area contributed by atoms with E-state index in [1.54, 1.807) is 18.2 Å². The van der Waals surface area contributed by atoms with E-state index in [4.69, 9.17) is 27.5 Å². The van der Waals surface area contributed by atoms with Crippen LogP contribution in [0.2, 0.25) is 5.02 Å². The predicted molar refractivity (Wildman–Crippen MR) is 62.1 cm³/mol. The number of nitrogens with one attached hydrogen (secondary N) is 1. The summed E-state index contributed by atoms with van der Waals surface area (Å²) < 4.78 is 0. The highest BCUT2D eigenvalue weighted by molar-refractivity contribution is 6.30. The number of benzene rings is 1. The van der Waals surface area contributed by atoms with E-state index < -0.39 is 24.0 Å². The molecule has 2 unspecified atom stereocenters. The van der Waals surface area contributed by atoms with Gasteiger partial charge >= 0.3 is 11.9 Å². The Hall–Kier alpha value is -1.79. The number of halogens is 1. The van der Waals surface area contributed by atoms with Crippen LogP contribution < -0.4 is 11.1 Å². The zero-order chi connectivity index (χ0) is 13.0. The highest BCUT2D eigenvalue weighted by Gasteiger charge is 2.30. The molecule has 1 aromatic rings. The van der Waals surface area contributed by atoms with E-state index in [1.807, 2.05) is 0 Å². The molecule has 7 heteroatoms. The molecule has 0 aliphatic rings. The monoisotopic (exact) mass is 258 g/mol. The van der Waals surface area contributed by atoms with Crippen molar-refractivity contribution in [3.8, 4) is 0 Å². The van der Waals surface area contributed by atoms with Gasteiger partial charge in [0, 0.05) is 10.7 Å². The van der Waals surface area contributed by atoms with Gasteiger partial charge in [0.2, 0.25) is 0 Å². The molecule has 0 aliphatic carbocycles. The molecule has 0 amide bonds. The second-order valence-corrected chi connectivity index (χ2v) is 3.77. The summed E-state index contributed by atoms with van der Waals surface area (Å²) in [7, 11) is 0. The third kappa shape index (κ3) is 3.61. The third-order valence-electron chi connectivity index (χ3n) is 2.06. The quantitative estimate of drug-likeness (QED) is 0.616. The Balaban J connectivity index is 2.88. The maximum atomic E-state index is 10.9. The Morgan fingerprint density at radius 3 is 2.41 bits per heavy atom. The topological polar surface area (TPSA) is 113 Å². The molecule has 17 heavy (non-hydrogen) atoms. The first-order valence-corrected chi connectivity index (χ1v) is 5.03. The molecule has 0 aromatic heterocycles. The minimum Gasteiger partial charge on any atom is -0.480 e. The van der Waals surface area contributed by atoms with Gasteiger partial charge in [-0.15, -0.1) is 0 Å². The van der Waals surface area contributed by atoms with E-state index >= 15 is 0 Å². The van der Waals surface area contributed by atoms with Crippen LogP contribution in [0.5, 0.6) is 0 Å². The Kier molecular flexibility index (Phi) is 4.30. The number of nitrogens with two attached hydrogens (primary N) is 1. The molecule has 1 aromatic carbocycles. The summed E-state index contributed by atoms with van der Waals surface area (Å²) in [6.07, 6.45) is 0. The van der Waals surface area contributed by atoms with Gasteiger partial charge in [-0.1, -0.05) is 17.7 Å². The number of carboxylic acid groups (broad SMARTS) is 2. The first kappa shape index (κ1) is 13.3. The smallest absolute Gasteiger partial charge is 0.328 e. The second-order valence-electron chi connectivity index (χ2n) is 3.33. The van der Waals surface area contributed by atoms with Crippen molar-refractivity contribution >= 4 is 29.2 Å². The van der Waals surface area contributed by atoms with Crippen molar-refractivity contribution in [2.24, 2.45) is 5.73 Å². The van der Waals surface area contributed by atoms with Crippen molar-refractivity contribution in [2.75, 3.05) is 5.32 Å². The molecule has 0 aliphatic heterocycles. The van der Waals surface area contributed by atoms with E-state index in [2.05, 4.69) is 5.32 Å². The van der Waals surface area contributed by atoms with Crippen LogP contribution in [-0.2, 0) is 9.59 Å². The Labute approximate surface area is 102 Å². The lowest BCUT2D eigenvalue weighted by Gasteiger charge is -2.19. The summed E-state index contributed by atoms with van der Waals surface area (Å²) in [4.78, 5) is 21.5. The normalized spacial score (nSPS) is 13.8. The van der Waals surface area contributed by atoms with E-state index in [-0.39, 0.29) is 0 Å². The van der Waals surface area contributed by atoms with Crippen LogP contribution >= 0.6 is 11.6 Å². The lowest BCUT2D eigenvalue weighted by molar-refractivity contribution is -0.145. The van der Waals surface area contributed by atoms with Crippen LogP contribution in [0.25, 0.3) is 0 Å². The maximum Gasteiger partial charge on any atom is 0.328 e. The van der Waals surface area contributed by atoms with Crippen LogP contribution in [0.4, 0.5) is 5.69 Å². The first-order chi connectivity index (χ1) is 7.91. The van der Waals surface area contributed by atoms with Gasteiger partial charge in [0.05, 0.1) is 0 Å². The van der Waals surface area contributed by atoms with Crippen LogP contribution in [0.15, 0.2) is 24.3 Å². The van der Waals surface area contributed by atoms with Crippen LogP contribution in [-0.4, -0.2) is 34.2 Å². The van der Waals surface area contributed by atoms with Crippen molar-refractivity contribution < 1.29 is 19.8 Å². The lowest BCUT2D eigenvalue weighted by Crippen LogP contribution is -2.50. The molecular weight excluding hydrogens is 248 g/mol. The van der Waals surface area contributed by atoms with E-state index in [0.29, 0.717) is 10.7 Å². The number of aliphatic carboxylic acids is 2. The summed E-state index contributed by atoms with van der Waals surface area (Å²) in [5.74, 6) is -2.74. The molecule has 0 fully saturated rings. The molecule has 92 valence electrons. The Bertz CT molecular complexity index is 438. The molecule has 6 nitrogen and oxygen atoms in total. The third-order valence-corrected chi connectivity index (χ3v) is 2.29. The van der Waals surface area contributed by atoms with Gasteiger partial charge < -0.3 is 21.3 Å². The van der Waals surface area contributed by atoms with E-state index in [1.165, 1.54) is 6.07 Å². The summed E-state index contributed by atoms with van der Waals surface area (Å²) in [6, 6.07) is 3.29. The predicted octanol–water partition coefficient (Wildman–Crippen LogP) is 0.617. The van der Waals surface area contributed by atoms with Crippen molar-refractivity contribution in [1.82, 2.24) is 0 Å². The van der Waals surface area contributed by atoms with E-state index in [9.17, 15) is 9.59 Å². The number of hydrogen-bond acceptors (Lipinski definition) is 4. The molecule has 0 bridgehead atoms. The van der Waals surface area contributed by atoms with Gasteiger partial charge in [-0.3, -0.25) is 4.79 Å². The minimum atomic E-state index is -1.55. The maximum absolute atomic E-state index is 10.9. The Morgan fingerprint density at radius 1 is 1.29 bits per heavy atom. The van der Waals surface area contributed by atoms with E-state index in [0.717, 1.165) is 0 Å². The zero-order valence-electron chi connectivity index (χ0n) is 8.63. The molecule has 2 atom stereocenters. The van der Waals surface area contributed by atoms with Gasteiger partial charge in [-0.05, 0) is 18.2 Å². The molecule has 1 rings (SSSR count). The molecule has 0 saturated carbocycles. The zero-order valence-corrected chi connectivity index (χ0v) is 9.39. The summed E-state index contributed by atoms with van der Waals surface area (Å²) in [5.41, 5.74) is 5.66. The number of anilines is 1. The SMILES string of the molecule is NC(C(=O)O)C(Nc1cccc(Cl)c1)C(=O)O. The average Bonchev–Trinajstić information content (AvgIpc) is 2.24. The molecule has 5 N–H and O–H groups in total. The van der Waals surface area contributed by atoms with Crippen LogP contribution in [0, 0.1) is 0 Å². The van der Waals surface area contributed by atoms with Crippen molar-refractivity contribution in [3.63, 3.8) is 0 Å². The molecular formula is C10H11ClN2O4. The first-order valence-electron chi connectivity index (χ1n) is 4.65. The fourth-order valence-corrected chi connectivity index (χ4v) is 1.40. The fourth-order valence-electron chi connectivity index (χ4n) is 1.21. The summed E-state index contributed by atoms with van der Waals surface area (Å²) in [5, 5.41) is 20.5. The van der Waals surface area contributed by atoms with Crippen LogP contribution in [0.3, 0.4) is 0 Å². The second kappa shape index (κ2) is 5.51. The number of carbonyl (C=O) groups is 2. The number of rotatable bonds is 5. The number of hydrogen-bond donors (Lipinski definition) is 4. The van der Waals surface area contributed by atoms with Crippen molar-refractivity contribution in [1.29, 1.82) is 0 Å². The highest BCUT2D eigenvalue weighted by Crippen LogP contribution is 2.16. The molecule has 0 heterocycles.